The van der Waals surface area contributed by atoms with Gasteiger partial charge in [-0.1, -0.05) is 6.92 Å². The highest BCUT2D eigenvalue weighted by atomic mass is 16.2. The Morgan fingerprint density at radius 2 is 2.06 bits per heavy atom. The van der Waals surface area contributed by atoms with E-state index in [4.69, 9.17) is 5.73 Å². The van der Waals surface area contributed by atoms with Gasteiger partial charge in [-0.2, -0.15) is 0 Å². The maximum atomic E-state index is 12.0. The van der Waals surface area contributed by atoms with E-state index in [9.17, 15) is 4.79 Å². The zero-order valence-corrected chi connectivity index (χ0v) is 10.4. The molecular weight excluding hydrogens is 202 g/mol. The Labute approximate surface area is 97.8 Å². The molecule has 0 saturated carbocycles. The van der Waals surface area contributed by atoms with Crippen LogP contribution in [0.1, 0.15) is 32.6 Å². The maximum Gasteiger partial charge on any atom is 0.239 e. The molecule has 3 atom stereocenters. The van der Waals surface area contributed by atoms with Crippen molar-refractivity contribution in [3.8, 4) is 0 Å². The number of hydrogen-bond donors (Lipinski definition) is 1. The summed E-state index contributed by atoms with van der Waals surface area (Å²) in [6, 6.07) is 0.933. The van der Waals surface area contributed by atoms with Gasteiger partial charge in [0.05, 0.1) is 6.04 Å². The predicted octanol–water partition coefficient (Wildman–Crippen LogP) is 0.419. The van der Waals surface area contributed by atoms with E-state index in [0.717, 1.165) is 25.9 Å². The van der Waals surface area contributed by atoms with E-state index in [-0.39, 0.29) is 11.9 Å². The number of amides is 1. The van der Waals surface area contributed by atoms with E-state index in [1.165, 1.54) is 12.8 Å². The Morgan fingerprint density at radius 1 is 1.38 bits per heavy atom. The second-order valence-electron chi connectivity index (χ2n) is 5.14. The fourth-order valence-corrected chi connectivity index (χ4v) is 2.92. The van der Waals surface area contributed by atoms with Gasteiger partial charge < -0.3 is 10.6 Å². The molecule has 3 unspecified atom stereocenters. The van der Waals surface area contributed by atoms with E-state index in [2.05, 4.69) is 11.9 Å². The monoisotopic (exact) mass is 225 g/mol. The fraction of sp³-hybridized carbons (Fsp3) is 0.917. The first-order valence-corrected chi connectivity index (χ1v) is 6.39. The summed E-state index contributed by atoms with van der Waals surface area (Å²) in [5.74, 6) is 0.142. The summed E-state index contributed by atoms with van der Waals surface area (Å²) < 4.78 is 0. The van der Waals surface area contributed by atoms with E-state index >= 15 is 0 Å². The summed E-state index contributed by atoms with van der Waals surface area (Å²) in [4.78, 5) is 16.5. The lowest BCUT2D eigenvalue weighted by atomic mass is 10.1. The number of carbonyl (C=O) groups is 1. The van der Waals surface area contributed by atoms with Crippen LogP contribution in [0.5, 0.6) is 0 Å². The van der Waals surface area contributed by atoms with Gasteiger partial charge in [-0.3, -0.25) is 9.69 Å². The molecule has 92 valence electrons. The average Bonchev–Trinajstić information content (AvgIpc) is 2.51. The number of likely N-dealkylation sites (tertiary alicyclic amines) is 1. The normalized spacial score (nSPS) is 32.6. The minimum atomic E-state index is -0.304. The molecule has 2 fully saturated rings. The Bertz CT molecular complexity index is 269. The van der Waals surface area contributed by atoms with E-state index in [0.29, 0.717) is 12.1 Å². The second-order valence-corrected chi connectivity index (χ2v) is 5.14. The van der Waals surface area contributed by atoms with Gasteiger partial charge in [-0.05, 0) is 32.7 Å². The predicted molar refractivity (Wildman–Crippen MR) is 64.0 cm³/mol. The summed E-state index contributed by atoms with van der Waals surface area (Å²) in [5.41, 5.74) is 5.83. The van der Waals surface area contributed by atoms with Crippen LogP contribution < -0.4 is 5.73 Å². The van der Waals surface area contributed by atoms with Gasteiger partial charge in [0.2, 0.25) is 5.91 Å². The van der Waals surface area contributed by atoms with Crippen LogP contribution in [0.2, 0.25) is 0 Å². The van der Waals surface area contributed by atoms with Crippen LogP contribution in [-0.4, -0.2) is 54.0 Å². The third-order valence-corrected chi connectivity index (χ3v) is 4.22. The van der Waals surface area contributed by atoms with Crippen LogP contribution in [0.25, 0.3) is 0 Å². The molecule has 0 aliphatic carbocycles. The smallest absolute Gasteiger partial charge is 0.239 e. The lowest BCUT2D eigenvalue weighted by molar-refractivity contribution is -0.133. The van der Waals surface area contributed by atoms with Gasteiger partial charge in [-0.25, -0.2) is 0 Å². The van der Waals surface area contributed by atoms with Gasteiger partial charge in [0.1, 0.15) is 0 Å². The molecule has 0 aromatic rings. The number of nitrogens with two attached hydrogens (primary N) is 1. The molecular formula is C12H23N3O. The number of rotatable bonds is 2. The third-order valence-electron chi connectivity index (χ3n) is 4.22. The summed E-state index contributed by atoms with van der Waals surface area (Å²) in [7, 11) is 2.19. The molecule has 2 N–H and O–H groups in total. The van der Waals surface area contributed by atoms with Crippen molar-refractivity contribution in [1.82, 2.24) is 9.80 Å². The molecule has 2 rings (SSSR count). The van der Waals surface area contributed by atoms with E-state index in [1.807, 2.05) is 11.8 Å². The SMILES string of the molecule is CCC(N)C(=O)N1CCC2CCC(C1)N2C. The minimum Gasteiger partial charge on any atom is -0.340 e. The Balaban J connectivity index is 2.01. The van der Waals surface area contributed by atoms with Crippen molar-refractivity contribution >= 4 is 5.91 Å². The van der Waals surface area contributed by atoms with Gasteiger partial charge >= 0.3 is 0 Å². The van der Waals surface area contributed by atoms with Crippen molar-refractivity contribution in [3.63, 3.8) is 0 Å². The van der Waals surface area contributed by atoms with Gasteiger partial charge in [-0.15, -0.1) is 0 Å². The highest BCUT2D eigenvalue weighted by Crippen LogP contribution is 2.28. The summed E-state index contributed by atoms with van der Waals surface area (Å²) in [5, 5.41) is 0. The quantitative estimate of drug-likeness (QED) is 0.741. The third kappa shape index (κ3) is 2.09. The first-order chi connectivity index (χ1) is 7.63. The van der Waals surface area contributed by atoms with Gasteiger partial charge in [0.25, 0.3) is 0 Å². The Kier molecular flexibility index (Phi) is 3.50. The van der Waals surface area contributed by atoms with E-state index < -0.39 is 0 Å². The molecule has 0 aromatic heterocycles. The molecule has 1 amide bonds. The highest BCUT2D eigenvalue weighted by Gasteiger charge is 2.36. The first kappa shape index (κ1) is 11.9. The van der Waals surface area contributed by atoms with Crippen molar-refractivity contribution < 1.29 is 4.79 Å². The van der Waals surface area contributed by atoms with E-state index in [1.54, 1.807) is 0 Å². The van der Waals surface area contributed by atoms with Crippen LogP contribution in [0.4, 0.5) is 0 Å². The van der Waals surface area contributed by atoms with Gasteiger partial charge in [0, 0.05) is 25.2 Å². The maximum absolute atomic E-state index is 12.0. The average molecular weight is 225 g/mol. The Morgan fingerprint density at radius 3 is 2.75 bits per heavy atom. The van der Waals surface area contributed by atoms with Crippen molar-refractivity contribution in [2.45, 2.75) is 50.7 Å². The number of fused-ring (bicyclic) bond motifs is 2. The van der Waals surface area contributed by atoms with Crippen molar-refractivity contribution in [2.75, 3.05) is 20.1 Å². The molecule has 2 aliphatic heterocycles. The molecule has 4 nitrogen and oxygen atoms in total. The molecule has 0 spiro atoms. The molecule has 2 saturated heterocycles. The van der Waals surface area contributed by atoms with Crippen LogP contribution in [0, 0.1) is 0 Å². The molecule has 4 heteroatoms. The van der Waals surface area contributed by atoms with Crippen molar-refractivity contribution in [1.29, 1.82) is 0 Å². The molecule has 16 heavy (non-hydrogen) atoms. The number of nitrogens with zero attached hydrogens (tertiary/aromatic N) is 2. The standard InChI is InChI=1S/C12H23N3O/c1-3-11(13)12(16)15-7-6-9-4-5-10(8-15)14(9)2/h9-11H,3-8,13H2,1-2H3. The molecule has 2 aliphatic rings. The second kappa shape index (κ2) is 4.72. The number of likely N-dealkylation sites (N-methyl/N-ethyl adjacent to an activating group) is 1. The van der Waals surface area contributed by atoms with Crippen molar-refractivity contribution in [2.24, 2.45) is 5.73 Å². The largest absolute Gasteiger partial charge is 0.340 e. The zero-order valence-electron chi connectivity index (χ0n) is 10.4. The lowest BCUT2D eigenvalue weighted by Crippen LogP contribution is -2.47. The number of carbonyl (C=O) groups excluding carboxylic acids is 1. The Hall–Kier alpha value is -0.610. The zero-order chi connectivity index (χ0) is 11.7. The van der Waals surface area contributed by atoms with Crippen LogP contribution >= 0.6 is 0 Å². The molecule has 2 heterocycles. The van der Waals surface area contributed by atoms with Crippen LogP contribution in [-0.2, 0) is 4.79 Å². The van der Waals surface area contributed by atoms with Crippen molar-refractivity contribution in [3.05, 3.63) is 0 Å². The summed E-state index contributed by atoms with van der Waals surface area (Å²) >= 11 is 0. The fourth-order valence-electron chi connectivity index (χ4n) is 2.92. The topological polar surface area (TPSA) is 49.6 Å². The molecule has 2 bridgehead atoms. The first-order valence-electron chi connectivity index (χ1n) is 6.39. The van der Waals surface area contributed by atoms with Crippen LogP contribution in [0.15, 0.2) is 0 Å². The van der Waals surface area contributed by atoms with Crippen LogP contribution in [0.3, 0.4) is 0 Å². The number of hydrogen-bond acceptors (Lipinski definition) is 3. The summed E-state index contributed by atoms with van der Waals surface area (Å²) in [6.07, 6.45) is 4.36. The molecule has 0 aromatic carbocycles. The lowest BCUT2D eigenvalue weighted by Gasteiger charge is -2.27. The highest BCUT2D eigenvalue weighted by molar-refractivity contribution is 5.81. The minimum absolute atomic E-state index is 0.142. The molecule has 0 radical (unpaired) electrons. The van der Waals surface area contributed by atoms with Gasteiger partial charge in [0.15, 0.2) is 0 Å². The summed E-state index contributed by atoms with van der Waals surface area (Å²) in [6.45, 7) is 3.73.